The van der Waals surface area contributed by atoms with E-state index in [1.807, 2.05) is 81.4 Å². The first kappa shape index (κ1) is 25.3. The summed E-state index contributed by atoms with van der Waals surface area (Å²) < 4.78 is 16.1. The van der Waals surface area contributed by atoms with Gasteiger partial charge in [0.05, 0.1) is 12.6 Å². The van der Waals surface area contributed by atoms with Crippen LogP contribution in [-0.4, -0.2) is 44.0 Å². The Kier molecular flexibility index (Phi) is 12.0. The van der Waals surface area contributed by atoms with Crippen LogP contribution in [0.5, 0.6) is 11.5 Å². The highest BCUT2D eigenvalue weighted by molar-refractivity contribution is 5.68. The topological polar surface area (TPSA) is 109 Å². The molecule has 0 aliphatic carbocycles. The van der Waals surface area contributed by atoms with Crippen LogP contribution in [0.3, 0.4) is 0 Å². The van der Waals surface area contributed by atoms with Crippen molar-refractivity contribution in [2.45, 2.75) is 38.8 Å². The molecule has 5 N–H and O–H groups in total. The van der Waals surface area contributed by atoms with Gasteiger partial charge in [-0.2, -0.15) is 0 Å². The largest absolute Gasteiger partial charge is 0.494 e. The van der Waals surface area contributed by atoms with Gasteiger partial charge in [-0.1, -0.05) is 36.4 Å². The monoisotopic (exact) mass is 417 g/mol. The third-order valence-corrected chi connectivity index (χ3v) is 3.56. The summed E-state index contributed by atoms with van der Waals surface area (Å²) in [5.74, 6) is 1.66. The van der Waals surface area contributed by atoms with E-state index in [2.05, 4.69) is 5.32 Å². The number of ether oxygens (including phenoxy) is 3. The lowest BCUT2D eigenvalue weighted by Crippen LogP contribution is -2.46. The Morgan fingerprint density at radius 1 is 0.933 bits per heavy atom. The number of hydrogen-bond acceptors (Lipinski definition) is 6. The lowest BCUT2D eigenvalue weighted by atomic mass is 10.2. The molecule has 7 heteroatoms. The molecule has 2 rings (SSSR count). The molecule has 2 aromatic rings. The van der Waals surface area contributed by atoms with Crippen LogP contribution >= 0.6 is 0 Å². The second kappa shape index (κ2) is 14.3. The van der Waals surface area contributed by atoms with Crippen LogP contribution < -0.4 is 26.3 Å². The number of carbonyl (C=O) groups excluding carboxylic acids is 1. The average Bonchev–Trinajstić information content (AvgIpc) is 2.72. The second-order valence-electron chi connectivity index (χ2n) is 7.51. The Morgan fingerprint density at radius 3 is 1.93 bits per heavy atom. The Labute approximate surface area is 179 Å². The summed E-state index contributed by atoms with van der Waals surface area (Å²) in [5, 5.41) is 2.68. The van der Waals surface area contributed by atoms with Crippen LogP contribution in [0.15, 0.2) is 60.7 Å². The maximum atomic E-state index is 11.6. The summed E-state index contributed by atoms with van der Waals surface area (Å²) in [6.07, 6.45) is 0.425. The smallest absolute Gasteiger partial charge is 0.408 e. The molecule has 0 aliphatic rings. The number of para-hydroxylation sites is 2. The molecule has 0 saturated carbocycles. The van der Waals surface area contributed by atoms with Crippen molar-refractivity contribution in [3.63, 3.8) is 0 Å². The fourth-order valence-electron chi connectivity index (χ4n) is 2.15. The third-order valence-electron chi connectivity index (χ3n) is 3.56. The van der Waals surface area contributed by atoms with Gasteiger partial charge in [0.15, 0.2) is 0 Å². The number of rotatable bonds is 9. The first-order valence-electron chi connectivity index (χ1n) is 10.1. The highest BCUT2D eigenvalue weighted by atomic mass is 16.6. The molecule has 0 aromatic heterocycles. The lowest BCUT2D eigenvalue weighted by Gasteiger charge is -2.23. The highest BCUT2D eigenvalue weighted by Crippen LogP contribution is 2.10. The number of carbonyl (C=O) groups is 1. The summed E-state index contributed by atoms with van der Waals surface area (Å²) in [7, 11) is 0. The van der Waals surface area contributed by atoms with E-state index in [-0.39, 0.29) is 12.6 Å². The number of nitrogens with two attached hydrogens (primary N) is 2. The summed E-state index contributed by atoms with van der Waals surface area (Å²) in [4.78, 5) is 11.6. The Balaban J connectivity index is 0.000000346. The van der Waals surface area contributed by atoms with Crippen molar-refractivity contribution in [3.8, 4) is 11.5 Å². The number of benzene rings is 2. The molecule has 0 radical (unpaired) electrons. The van der Waals surface area contributed by atoms with Crippen molar-refractivity contribution < 1.29 is 19.0 Å². The lowest BCUT2D eigenvalue weighted by molar-refractivity contribution is 0.0490. The molecule has 2 aromatic carbocycles. The minimum absolute atomic E-state index is 0.282. The normalized spacial score (nSPS) is 11.5. The number of amides is 1. The van der Waals surface area contributed by atoms with Crippen molar-refractivity contribution >= 4 is 6.09 Å². The molecule has 30 heavy (non-hydrogen) atoms. The van der Waals surface area contributed by atoms with Crippen LogP contribution in [0.1, 0.15) is 27.2 Å². The SMILES string of the molecule is CC(C)(C)OC(=O)N[C@H](CN)COc1ccccc1.NCCCOc1ccccc1. The summed E-state index contributed by atoms with van der Waals surface area (Å²) in [6.45, 7) is 7.42. The average molecular weight is 418 g/mol. The van der Waals surface area contributed by atoms with Gasteiger partial charge in [-0.3, -0.25) is 0 Å². The van der Waals surface area contributed by atoms with E-state index in [1.54, 1.807) is 0 Å². The molecule has 0 aliphatic heterocycles. The van der Waals surface area contributed by atoms with Gasteiger partial charge in [0.2, 0.25) is 0 Å². The fraction of sp³-hybridized carbons (Fsp3) is 0.435. The summed E-state index contributed by atoms with van der Waals surface area (Å²) in [5.41, 5.74) is 10.4. The Morgan fingerprint density at radius 2 is 1.47 bits per heavy atom. The molecule has 0 fully saturated rings. The Hall–Kier alpha value is -2.77. The maximum Gasteiger partial charge on any atom is 0.408 e. The standard InChI is InChI=1S/C14H22N2O3.C9H13NO/c1-14(2,3)19-13(17)16-11(9-15)10-18-12-7-5-4-6-8-12;10-7-4-8-11-9-5-2-1-3-6-9/h4-8,11H,9-10,15H2,1-3H3,(H,16,17);1-3,5-6H,4,7-8,10H2/t11-;/m1./s1. The van der Waals surface area contributed by atoms with E-state index in [9.17, 15) is 4.79 Å². The van der Waals surface area contributed by atoms with Gasteiger partial charge in [-0.05, 0) is 58.0 Å². The molecular weight excluding hydrogens is 382 g/mol. The van der Waals surface area contributed by atoms with Gasteiger partial charge < -0.3 is 31.0 Å². The van der Waals surface area contributed by atoms with Crippen LogP contribution in [0.4, 0.5) is 4.79 Å². The zero-order chi connectivity index (χ0) is 22.2. The van der Waals surface area contributed by atoms with Gasteiger partial charge in [0.1, 0.15) is 23.7 Å². The van der Waals surface area contributed by atoms with Crippen LogP contribution in [0.2, 0.25) is 0 Å². The van der Waals surface area contributed by atoms with Gasteiger partial charge in [-0.25, -0.2) is 4.79 Å². The van der Waals surface area contributed by atoms with Gasteiger partial charge in [0.25, 0.3) is 0 Å². The molecule has 166 valence electrons. The zero-order valence-electron chi connectivity index (χ0n) is 18.2. The predicted octanol–water partition coefficient (Wildman–Crippen LogP) is 3.33. The number of nitrogens with one attached hydrogen (secondary N) is 1. The first-order chi connectivity index (χ1) is 14.3. The van der Waals surface area contributed by atoms with Gasteiger partial charge in [-0.15, -0.1) is 0 Å². The number of alkyl carbamates (subject to hydrolysis) is 1. The van der Waals surface area contributed by atoms with Gasteiger partial charge in [0, 0.05) is 6.54 Å². The van der Waals surface area contributed by atoms with E-state index >= 15 is 0 Å². The van der Waals surface area contributed by atoms with Crippen LogP contribution in [0, 0.1) is 0 Å². The van der Waals surface area contributed by atoms with E-state index in [4.69, 9.17) is 25.7 Å². The minimum atomic E-state index is -0.524. The third kappa shape index (κ3) is 12.6. The van der Waals surface area contributed by atoms with Crippen molar-refractivity contribution in [1.29, 1.82) is 0 Å². The highest BCUT2D eigenvalue weighted by Gasteiger charge is 2.19. The van der Waals surface area contributed by atoms with Crippen molar-refractivity contribution in [1.82, 2.24) is 5.32 Å². The summed E-state index contributed by atoms with van der Waals surface area (Å²) in [6, 6.07) is 18.9. The molecular formula is C23H35N3O4. The quantitative estimate of drug-likeness (QED) is 0.540. The zero-order valence-corrected chi connectivity index (χ0v) is 18.2. The molecule has 0 saturated heterocycles. The maximum absolute atomic E-state index is 11.6. The Bertz CT molecular complexity index is 691. The molecule has 0 bridgehead atoms. The molecule has 1 amide bonds. The van der Waals surface area contributed by atoms with E-state index in [0.717, 1.165) is 17.9 Å². The van der Waals surface area contributed by atoms with E-state index in [1.165, 1.54) is 0 Å². The number of hydrogen-bond donors (Lipinski definition) is 3. The second-order valence-corrected chi connectivity index (χ2v) is 7.51. The van der Waals surface area contributed by atoms with E-state index in [0.29, 0.717) is 19.8 Å². The predicted molar refractivity (Wildman–Crippen MR) is 120 cm³/mol. The summed E-state index contributed by atoms with van der Waals surface area (Å²) >= 11 is 0. The fourth-order valence-corrected chi connectivity index (χ4v) is 2.15. The van der Waals surface area contributed by atoms with Crippen molar-refractivity contribution in [2.75, 3.05) is 26.3 Å². The van der Waals surface area contributed by atoms with Crippen LogP contribution in [0.25, 0.3) is 0 Å². The molecule has 0 heterocycles. The molecule has 7 nitrogen and oxygen atoms in total. The first-order valence-corrected chi connectivity index (χ1v) is 10.1. The van der Waals surface area contributed by atoms with Crippen molar-refractivity contribution in [2.24, 2.45) is 11.5 Å². The molecule has 1 atom stereocenters. The minimum Gasteiger partial charge on any atom is -0.494 e. The van der Waals surface area contributed by atoms with Crippen molar-refractivity contribution in [3.05, 3.63) is 60.7 Å². The van der Waals surface area contributed by atoms with Gasteiger partial charge >= 0.3 is 6.09 Å². The molecule has 0 unspecified atom stereocenters. The van der Waals surface area contributed by atoms with Crippen LogP contribution in [-0.2, 0) is 4.74 Å². The van der Waals surface area contributed by atoms with E-state index < -0.39 is 11.7 Å². The molecule has 0 spiro atoms.